The summed E-state index contributed by atoms with van der Waals surface area (Å²) in [4.78, 5) is 0. The summed E-state index contributed by atoms with van der Waals surface area (Å²) in [5.41, 5.74) is 2.02. The number of hydrogen-bond donors (Lipinski definition) is 1. The second-order valence-corrected chi connectivity index (χ2v) is 6.19. The molecule has 1 nitrogen and oxygen atoms in total. The predicted molar refractivity (Wildman–Crippen MR) is 72.8 cm³/mol. The zero-order chi connectivity index (χ0) is 11.5. The number of aryl methyl sites for hydroxylation is 1. The van der Waals surface area contributed by atoms with Gasteiger partial charge in [0.2, 0.25) is 0 Å². The fraction of sp³-hybridized carbons (Fsp3) is 0.500. The standard InChI is InChI=1S/C12H15BrFNS/c1-8-6-11(14)10(13)7-12(8)15-9-2-4-16-5-3-9/h6-7,9,15H,2-5H2,1H3. The van der Waals surface area contributed by atoms with Gasteiger partial charge in [0.15, 0.2) is 0 Å². The molecule has 1 N–H and O–H groups in total. The van der Waals surface area contributed by atoms with Gasteiger partial charge in [0.05, 0.1) is 4.47 Å². The van der Waals surface area contributed by atoms with E-state index in [-0.39, 0.29) is 5.82 Å². The van der Waals surface area contributed by atoms with Gasteiger partial charge in [-0.3, -0.25) is 0 Å². The lowest BCUT2D eigenvalue weighted by molar-refractivity contribution is 0.619. The zero-order valence-corrected chi connectivity index (χ0v) is 11.6. The van der Waals surface area contributed by atoms with Crippen LogP contribution in [0.5, 0.6) is 0 Å². The minimum Gasteiger partial charge on any atom is -0.382 e. The van der Waals surface area contributed by atoms with E-state index in [0.717, 1.165) is 11.3 Å². The van der Waals surface area contributed by atoms with E-state index in [9.17, 15) is 4.39 Å². The van der Waals surface area contributed by atoms with E-state index in [1.807, 2.05) is 24.8 Å². The maximum atomic E-state index is 13.3. The van der Waals surface area contributed by atoms with Crippen LogP contribution in [-0.4, -0.2) is 17.5 Å². The molecule has 0 bridgehead atoms. The molecule has 0 amide bonds. The highest BCUT2D eigenvalue weighted by Crippen LogP contribution is 2.27. The molecule has 1 aromatic carbocycles. The number of hydrogen-bond acceptors (Lipinski definition) is 2. The van der Waals surface area contributed by atoms with Crippen LogP contribution in [0.4, 0.5) is 10.1 Å². The average Bonchev–Trinajstić information content (AvgIpc) is 2.27. The molecule has 1 saturated heterocycles. The molecular weight excluding hydrogens is 289 g/mol. The minimum absolute atomic E-state index is 0.192. The van der Waals surface area contributed by atoms with Crippen molar-refractivity contribution < 1.29 is 4.39 Å². The fourth-order valence-corrected chi connectivity index (χ4v) is 3.31. The van der Waals surface area contributed by atoms with E-state index in [2.05, 4.69) is 21.2 Å². The van der Waals surface area contributed by atoms with Crippen molar-refractivity contribution in [2.45, 2.75) is 25.8 Å². The Kier molecular flexibility index (Phi) is 4.14. The molecule has 16 heavy (non-hydrogen) atoms. The maximum Gasteiger partial charge on any atom is 0.137 e. The first-order valence-electron chi connectivity index (χ1n) is 5.47. The van der Waals surface area contributed by atoms with Crippen LogP contribution < -0.4 is 5.32 Å². The van der Waals surface area contributed by atoms with Gasteiger partial charge in [-0.1, -0.05) is 0 Å². The van der Waals surface area contributed by atoms with Crippen LogP contribution in [0, 0.1) is 12.7 Å². The predicted octanol–water partition coefficient (Wildman–Crippen LogP) is 4.20. The second-order valence-electron chi connectivity index (χ2n) is 4.11. The summed E-state index contributed by atoms with van der Waals surface area (Å²) in [6.45, 7) is 1.94. The van der Waals surface area contributed by atoms with Crippen LogP contribution >= 0.6 is 27.7 Å². The van der Waals surface area contributed by atoms with Crippen molar-refractivity contribution in [2.75, 3.05) is 16.8 Å². The molecule has 0 aliphatic carbocycles. The lowest BCUT2D eigenvalue weighted by Gasteiger charge is -2.24. The van der Waals surface area contributed by atoms with E-state index in [1.165, 1.54) is 24.3 Å². The van der Waals surface area contributed by atoms with Gasteiger partial charge in [-0.05, 0) is 64.9 Å². The minimum atomic E-state index is -0.192. The third kappa shape index (κ3) is 2.92. The summed E-state index contributed by atoms with van der Waals surface area (Å²) in [6, 6.07) is 3.95. The fourth-order valence-electron chi connectivity index (χ4n) is 1.86. The van der Waals surface area contributed by atoms with Gasteiger partial charge in [-0.15, -0.1) is 0 Å². The van der Waals surface area contributed by atoms with Gasteiger partial charge < -0.3 is 5.32 Å². The van der Waals surface area contributed by atoms with Crippen molar-refractivity contribution in [3.63, 3.8) is 0 Å². The van der Waals surface area contributed by atoms with E-state index < -0.39 is 0 Å². The Hall–Kier alpha value is -0.220. The third-order valence-corrected chi connectivity index (χ3v) is 4.50. The highest BCUT2D eigenvalue weighted by Gasteiger charge is 2.14. The molecule has 0 unspecified atom stereocenters. The highest BCUT2D eigenvalue weighted by atomic mass is 79.9. The topological polar surface area (TPSA) is 12.0 Å². The Morgan fingerprint density at radius 1 is 1.38 bits per heavy atom. The molecule has 88 valence electrons. The molecule has 1 aromatic rings. The first-order valence-corrected chi connectivity index (χ1v) is 7.41. The number of thioether (sulfide) groups is 1. The Morgan fingerprint density at radius 2 is 2.06 bits per heavy atom. The Balaban J connectivity index is 2.11. The Bertz CT molecular complexity index is 378. The lowest BCUT2D eigenvalue weighted by Crippen LogP contribution is -2.24. The highest BCUT2D eigenvalue weighted by molar-refractivity contribution is 9.10. The van der Waals surface area contributed by atoms with Crippen molar-refractivity contribution >= 4 is 33.4 Å². The molecule has 4 heteroatoms. The molecular formula is C12H15BrFNS. The van der Waals surface area contributed by atoms with E-state index >= 15 is 0 Å². The van der Waals surface area contributed by atoms with Crippen LogP contribution in [0.3, 0.4) is 0 Å². The normalized spacial score (nSPS) is 17.4. The van der Waals surface area contributed by atoms with Crippen molar-refractivity contribution in [2.24, 2.45) is 0 Å². The first-order chi connectivity index (χ1) is 7.66. The zero-order valence-electron chi connectivity index (χ0n) is 9.22. The van der Waals surface area contributed by atoms with Gasteiger partial charge in [-0.2, -0.15) is 11.8 Å². The van der Waals surface area contributed by atoms with Crippen molar-refractivity contribution in [1.29, 1.82) is 0 Å². The second kappa shape index (κ2) is 5.41. The molecule has 0 saturated carbocycles. The molecule has 0 atom stereocenters. The summed E-state index contributed by atoms with van der Waals surface area (Å²) in [5.74, 6) is 2.25. The van der Waals surface area contributed by atoms with Crippen LogP contribution in [0.2, 0.25) is 0 Å². The summed E-state index contributed by atoms with van der Waals surface area (Å²) >= 11 is 5.24. The molecule has 1 heterocycles. The molecule has 0 spiro atoms. The van der Waals surface area contributed by atoms with Gasteiger partial charge >= 0.3 is 0 Å². The number of nitrogens with one attached hydrogen (secondary N) is 1. The lowest BCUT2D eigenvalue weighted by atomic mass is 10.1. The Morgan fingerprint density at radius 3 is 2.75 bits per heavy atom. The number of benzene rings is 1. The van der Waals surface area contributed by atoms with Gasteiger partial charge in [0.25, 0.3) is 0 Å². The quantitative estimate of drug-likeness (QED) is 0.878. The van der Waals surface area contributed by atoms with Gasteiger partial charge in [0.1, 0.15) is 5.82 Å². The number of anilines is 1. The first kappa shape index (κ1) is 12.2. The smallest absolute Gasteiger partial charge is 0.137 e. The molecule has 1 aliphatic rings. The largest absolute Gasteiger partial charge is 0.382 e. The van der Waals surface area contributed by atoms with E-state index in [1.54, 1.807) is 6.07 Å². The Labute approximate surface area is 108 Å². The molecule has 2 rings (SSSR count). The van der Waals surface area contributed by atoms with Crippen LogP contribution in [0.1, 0.15) is 18.4 Å². The summed E-state index contributed by atoms with van der Waals surface area (Å²) in [7, 11) is 0. The molecule has 1 fully saturated rings. The van der Waals surface area contributed by atoms with Crippen molar-refractivity contribution in [3.05, 3.63) is 28.0 Å². The van der Waals surface area contributed by atoms with Gasteiger partial charge in [0, 0.05) is 11.7 Å². The van der Waals surface area contributed by atoms with Crippen LogP contribution in [-0.2, 0) is 0 Å². The maximum absolute atomic E-state index is 13.3. The monoisotopic (exact) mass is 303 g/mol. The third-order valence-electron chi connectivity index (χ3n) is 2.85. The number of halogens is 2. The van der Waals surface area contributed by atoms with Gasteiger partial charge in [-0.25, -0.2) is 4.39 Å². The molecule has 0 aromatic heterocycles. The summed E-state index contributed by atoms with van der Waals surface area (Å²) in [5, 5.41) is 3.51. The van der Waals surface area contributed by atoms with E-state index in [4.69, 9.17) is 0 Å². The van der Waals surface area contributed by atoms with Crippen molar-refractivity contribution in [3.8, 4) is 0 Å². The molecule has 0 radical (unpaired) electrons. The van der Waals surface area contributed by atoms with Crippen LogP contribution in [0.25, 0.3) is 0 Å². The summed E-state index contributed by atoms with van der Waals surface area (Å²) in [6.07, 6.45) is 2.39. The van der Waals surface area contributed by atoms with Crippen LogP contribution in [0.15, 0.2) is 16.6 Å². The average molecular weight is 304 g/mol. The molecule has 1 aliphatic heterocycles. The van der Waals surface area contributed by atoms with Crippen molar-refractivity contribution in [1.82, 2.24) is 0 Å². The summed E-state index contributed by atoms with van der Waals surface area (Å²) < 4.78 is 13.8. The number of rotatable bonds is 2. The van der Waals surface area contributed by atoms with E-state index in [0.29, 0.717) is 10.5 Å². The SMILES string of the molecule is Cc1cc(F)c(Br)cc1NC1CCSCC1.